The number of carbonyl (C=O) groups is 2. The quantitative estimate of drug-likeness (QED) is 0.655. The second kappa shape index (κ2) is 7.64. The van der Waals surface area contributed by atoms with Crippen molar-refractivity contribution in [2.45, 2.75) is 6.92 Å². The smallest absolute Gasteiger partial charge is 0.273 e. The fourth-order valence-corrected chi connectivity index (χ4v) is 2.45. The molecule has 0 aliphatic carbocycles. The standard InChI is InChI=1S/C18H19N3O5/c1-11-13(6-5-7-15(11)21(24)25)17(22)19-14-10-12(18(23)20(2)3)8-9-16(14)26-4/h5-10H,1-4H3,(H,19,22). The van der Waals surface area contributed by atoms with Crippen molar-refractivity contribution in [3.8, 4) is 5.75 Å². The van der Waals surface area contributed by atoms with Gasteiger partial charge < -0.3 is 15.0 Å². The van der Waals surface area contributed by atoms with E-state index in [1.807, 2.05) is 0 Å². The van der Waals surface area contributed by atoms with Gasteiger partial charge in [-0.1, -0.05) is 6.07 Å². The molecule has 0 aliphatic rings. The topological polar surface area (TPSA) is 102 Å². The van der Waals surface area contributed by atoms with E-state index in [0.29, 0.717) is 17.0 Å². The van der Waals surface area contributed by atoms with Gasteiger partial charge in [-0.2, -0.15) is 0 Å². The maximum Gasteiger partial charge on any atom is 0.273 e. The van der Waals surface area contributed by atoms with E-state index in [0.717, 1.165) is 0 Å². The van der Waals surface area contributed by atoms with Crippen molar-refractivity contribution in [1.82, 2.24) is 4.90 Å². The lowest BCUT2D eigenvalue weighted by Gasteiger charge is -2.15. The summed E-state index contributed by atoms with van der Waals surface area (Å²) >= 11 is 0. The molecule has 1 N–H and O–H groups in total. The van der Waals surface area contributed by atoms with Crippen LogP contribution in [-0.4, -0.2) is 42.8 Å². The number of anilines is 1. The molecule has 8 heteroatoms. The maximum absolute atomic E-state index is 12.6. The van der Waals surface area contributed by atoms with Crippen LogP contribution in [0.2, 0.25) is 0 Å². The highest BCUT2D eigenvalue weighted by molar-refractivity contribution is 6.07. The third-order valence-electron chi connectivity index (χ3n) is 3.85. The van der Waals surface area contributed by atoms with Crippen LogP contribution < -0.4 is 10.1 Å². The summed E-state index contributed by atoms with van der Waals surface area (Å²) in [7, 11) is 4.69. The Morgan fingerprint density at radius 2 is 1.88 bits per heavy atom. The van der Waals surface area contributed by atoms with Gasteiger partial charge in [0.25, 0.3) is 17.5 Å². The molecule has 2 rings (SSSR count). The van der Waals surface area contributed by atoms with E-state index in [1.165, 1.54) is 43.2 Å². The van der Waals surface area contributed by atoms with Gasteiger partial charge in [0.2, 0.25) is 0 Å². The average molecular weight is 357 g/mol. The second-order valence-corrected chi connectivity index (χ2v) is 5.78. The molecule has 2 aromatic carbocycles. The predicted octanol–water partition coefficient (Wildman–Crippen LogP) is 2.87. The minimum absolute atomic E-state index is 0.138. The Hall–Kier alpha value is -3.42. The number of hydrogen-bond donors (Lipinski definition) is 1. The molecule has 0 unspecified atom stereocenters. The molecule has 2 aromatic rings. The van der Waals surface area contributed by atoms with Crippen molar-refractivity contribution in [3.05, 3.63) is 63.2 Å². The molecular weight excluding hydrogens is 338 g/mol. The third-order valence-corrected chi connectivity index (χ3v) is 3.85. The van der Waals surface area contributed by atoms with Crippen LogP contribution in [0, 0.1) is 17.0 Å². The fraction of sp³-hybridized carbons (Fsp3) is 0.222. The average Bonchev–Trinajstić information content (AvgIpc) is 2.60. The molecular formula is C18H19N3O5. The van der Waals surface area contributed by atoms with Crippen molar-refractivity contribution < 1.29 is 19.2 Å². The summed E-state index contributed by atoms with van der Waals surface area (Å²) in [6, 6.07) is 8.96. The molecule has 0 heterocycles. The molecule has 0 fully saturated rings. The van der Waals surface area contributed by atoms with Gasteiger partial charge in [-0.25, -0.2) is 0 Å². The minimum atomic E-state index is -0.539. The lowest BCUT2D eigenvalue weighted by molar-refractivity contribution is -0.385. The summed E-state index contributed by atoms with van der Waals surface area (Å²) in [5, 5.41) is 13.7. The van der Waals surface area contributed by atoms with Crippen LogP contribution in [0.4, 0.5) is 11.4 Å². The van der Waals surface area contributed by atoms with Gasteiger partial charge in [0.05, 0.1) is 17.7 Å². The highest BCUT2D eigenvalue weighted by Crippen LogP contribution is 2.28. The van der Waals surface area contributed by atoms with Crippen LogP contribution in [0.3, 0.4) is 0 Å². The first-order valence-electron chi connectivity index (χ1n) is 7.71. The van der Waals surface area contributed by atoms with Gasteiger partial charge in [-0.05, 0) is 31.2 Å². The molecule has 2 amide bonds. The van der Waals surface area contributed by atoms with E-state index < -0.39 is 10.8 Å². The molecule has 0 aromatic heterocycles. The highest BCUT2D eigenvalue weighted by atomic mass is 16.6. The van der Waals surface area contributed by atoms with Crippen LogP contribution in [0.1, 0.15) is 26.3 Å². The molecule has 26 heavy (non-hydrogen) atoms. The van der Waals surface area contributed by atoms with Crippen LogP contribution in [0.15, 0.2) is 36.4 Å². The Balaban J connectivity index is 2.40. The molecule has 0 saturated carbocycles. The van der Waals surface area contributed by atoms with Crippen molar-refractivity contribution >= 4 is 23.2 Å². The summed E-state index contributed by atoms with van der Waals surface area (Å²) < 4.78 is 5.22. The Labute approximate surface area is 150 Å². The number of hydrogen-bond acceptors (Lipinski definition) is 5. The molecule has 0 saturated heterocycles. The van der Waals surface area contributed by atoms with E-state index in [-0.39, 0.29) is 22.7 Å². The largest absolute Gasteiger partial charge is 0.495 e. The van der Waals surface area contributed by atoms with Gasteiger partial charge in [0.1, 0.15) is 5.75 Å². The molecule has 0 atom stereocenters. The molecule has 136 valence electrons. The number of carbonyl (C=O) groups excluding carboxylic acids is 2. The molecule has 8 nitrogen and oxygen atoms in total. The maximum atomic E-state index is 12.6. The number of methoxy groups -OCH3 is 1. The molecule has 0 aliphatic heterocycles. The van der Waals surface area contributed by atoms with Gasteiger partial charge in [-0.3, -0.25) is 19.7 Å². The van der Waals surface area contributed by atoms with Crippen molar-refractivity contribution in [3.63, 3.8) is 0 Å². The number of nitro groups is 1. The summed E-state index contributed by atoms with van der Waals surface area (Å²) in [5.74, 6) is -0.384. The summed E-state index contributed by atoms with van der Waals surface area (Å²) in [6.07, 6.45) is 0. The summed E-state index contributed by atoms with van der Waals surface area (Å²) in [4.78, 5) is 36.7. The van der Waals surface area contributed by atoms with Gasteiger partial charge in [0, 0.05) is 36.9 Å². The second-order valence-electron chi connectivity index (χ2n) is 5.78. The molecule has 0 spiro atoms. The first-order chi connectivity index (χ1) is 12.3. The number of nitrogens with one attached hydrogen (secondary N) is 1. The number of rotatable bonds is 5. The Bertz CT molecular complexity index is 877. The van der Waals surface area contributed by atoms with E-state index in [1.54, 1.807) is 26.2 Å². The van der Waals surface area contributed by atoms with Crippen LogP contribution in [0.25, 0.3) is 0 Å². The van der Waals surface area contributed by atoms with Gasteiger partial charge in [-0.15, -0.1) is 0 Å². The number of amides is 2. The SMILES string of the molecule is COc1ccc(C(=O)N(C)C)cc1NC(=O)c1cccc([N+](=O)[O-])c1C. The van der Waals surface area contributed by atoms with Gasteiger partial charge >= 0.3 is 0 Å². The Morgan fingerprint density at radius 3 is 2.46 bits per heavy atom. The van der Waals surface area contributed by atoms with Crippen molar-refractivity contribution in [2.75, 3.05) is 26.5 Å². The normalized spacial score (nSPS) is 10.2. The van der Waals surface area contributed by atoms with E-state index in [4.69, 9.17) is 4.74 Å². The van der Waals surface area contributed by atoms with Crippen LogP contribution in [-0.2, 0) is 0 Å². The zero-order valence-corrected chi connectivity index (χ0v) is 14.9. The van der Waals surface area contributed by atoms with Gasteiger partial charge in [0.15, 0.2) is 0 Å². The predicted molar refractivity (Wildman–Crippen MR) is 96.8 cm³/mol. The van der Waals surface area contributed by atoms with Crippen LogP contribution in [0.5, 0.6) is 5.75 Å². The van der Waals surface area contributed by atoms with E-state index >= 15 is 0 Å². The first kappa shape index (κ1) is 18.9. The minimum Gasteiger partial charge on any atom is -0.495 e. The Kier molecular flexibility index (Phi) is 5.56. The highest BCUT2D eigenvalue weighted by Gasteiger charge is 2.20. The monoisotopic (exact) mass is 357 g/mol. The third kappa shape index (κ3) is 3.80. The lowest BCUT2D eigenvalue weighted by Crippen LogP contribution is -2.22. The first-order valence-corrected chi connectivity index (χ1v) is 7.71. The summed E-state index contributed by atoms with van der Waals surface area (Å²) in [5.41, 5.74) is 0.971. The zero-order valence-electron chi connectivity index (χ0n) is 14.9. The van der Waals surface area contributed by atoms with Crippen LogP contribution >= 0.6 is 0 Å². The number of ether oxygens (including phenoxy) is 1. The molecule has 0 bridgehead atoms. The number of nitro benzene ring substituents is 1. The number of benzene rings is 2. The van der Waals surface area contributed by atoms with E-state index in [2.05, 4.69) is 5.32 Å². The van der Waals surface area contributed by atoms with Crippen molar-refractivity contribution in [1.29, 1.82) is 0 Å². The summed E-state index contributed by atoms with van der Waals surface area (Å²) in [6.45, 7) is 1.51. The Morgan fingerprint density at radius 1 is 1.19 bits per heavy atom. The zero-order chi connectivity index (χ0) is 19.4. The number of nitrogens with zero attached hydrogens (tertiary/aromatic N) is 2. The lowest BCUT2D eigenvalue weighted by atomic mass is 10.1. The van der Waals surface area contributed by atoms with E-state index in [9.17, 15) is 19.7 Å². The van der Waals surface area contributed by atoms with Crippen molar-refractivity contribution in [2.24, 2.45) is 0 Å². The fourth-order valence-electron chi connectivity index (χ4n) is 2.45. The molecule has 0 radical (unpaired) electrons.